The summed E-state index contributed by atoms with van der Waals surface area (Å²) in [6, 6.07) is 0. The van der Waals surface area contributed by atoms with Gasteiger partial charge in [0.1, 0.15) is 0 Å². The summed E-state index contributed by atoms with van der Waals surface area (Å²) in [5, 5.41) is 0. The Labute approximate surface area is 188 Å². The summed E-state index contributed by atoms with van der Waals surface area (Å²) in [5.41, 5.74) is 24.9. The van der Waals surface area contributed by atoms with Crippen molar-refractivity contribution in [2.24, 2.45) is 0 Å². The number of hydrogen-bond acceptors (Lipinski definition) is 0. The van der Waals surface area contributed by atoms with Crippen LogP contribution in [0.4, 0.5) is 0 Å². The van der Waals surface area contributed by atoms with Gasteiger partial charge < -0.3 is 11.1 Å². The molecule has 6 aliphatic carbocycles. The average Bonchev–Trinajstić information content (AvgIpc) is 3.47. The molecular weight excluding hydrogens is 415 g/mol. The van der Waals surface area contributed by atoms with Crippen molar-refractivity contribution in [3.05, 3.63) is 106 Å². The number of hydrogen-bond donors (Lipinski definition) is 0. The molecule has 10 aliphatic rings. The lowest BCUT2D eigenvalue weighted by atomic mass is 9.61. The van der Waals surface area contributed by atoms with Crippen LogP contribution in [0, 0.1) is 0 Å². The molecule has 0 aromatic rings. The minimum absolute atomic E-state index is 0. The molecule has 30 heavy (non-hydrogen) atoms. The fourth-order valence-electron chi connectivity index (χ4n) is 6.64. The third kappa shape index (κ3) is 1.79. The fourth-order valence-corrected chi connectivity index (χ4v) is 6.64. The van der Waals surface area contributed by atoms with E-state index in [1.54, 1.807) is 0 Å². The number of nitrogens with zero attached hydrogens (tertiary/aromatic N) is 4. The van der Waals surface area contributed by atoms with Crippen LogP contribution in [0.2, 0.25) is 0 Å². The molecule has 10 rings (SSSR count). The normalized spacial score (nSPS) is 42.5. The largest absolute Gasteiger partial charge is 0.505 e. The molecule has 6 heteroatoms. The zero-order valence-corrected chi connectivity index (χ0v) is 18.0. The molecule has 4 atom stereocenters. The molecule has 4 aliphatic heterocycles. The maximum atomic E-state index is 10.2. The summed E-state index contributed by atoms with van der Waals surface area (Å²) in [6.07, 6.45) is 29.7. The van der Waals surface area contributed by atoms with Crippen molar-refractivity contribution in [2.45, 2.75) is 47.8 Å². The van der Waals surface area contributed by atoms with E-state index < -0.39 is 0 Å². The second-order valence-electron chi connectivity index (χ2n) is 9.19. The lowest BCUT2D eigenvalue weighted by Crippen LogP contribution is -2.68. The van der Waals surface area contributed by atoms with Crippen LogP contribution in [0.15, 0.2) is 95.2 Å². The molecule has 4 nitrogen and oxygen atoms in total. The van der Waals surface area contributed by atoms with Gasteiger partial charge in [-0.1, -0.05) is 36.5 Å². The lowest BCUT2D eigenvalue weighted by molar-refractivity contribution is -0.722. The number of halogens is 2. The topological polar surface area (TPSA) is 50.6 Å². The van der Waals surface area contributed by atoms with Gasteiger partial charge in [0.2, 0.25) is 11.1 Å². The highest BCUT2D eigenvalue weighted by Crippen LogP contribution is 2.60. The standard InChI is InChI=1S/2C12H10N2.2ClH/c2*13-14-11-5-1-3-9(11)7-10-4-2-6-12(10,14)8-11;;/h2*1-3,5-7H,4,8H2;2*1H. The van der Waals surface area contributed by atoms with Crippen LogP contribution < -0.4 is 0 Å². The van der Waals surface area contributed by atoms with Crippen molar-refractivity contribution in [2.75, 3.05) is 0 Å². The molecule has 0 aromatic heterocycles. The van der Waals surface area contributed by atoms with Crippen molar-refractivity contribution in [1.82, 2.24) is 0 Å². The predicted octanol–water partition coefficient (Wildman–Crippen LogP) is 5.44. The summed E-state index contributed by atoms with van der Waals surface area (Å²) in [4.78, 5) is 0. The van der Waals surface area contributed by atoms with Crippen LogP contribution in [-0.2, 0) is 0 Å². The molecule has 4 heterocycles. The first-order valence-electron chi connectivity index (χ1n) is 10.1. The van der Waals surface area contributed by atoms with Gasteiger partial charge in [-0.05, 0) is 49.3 Å². The van der Waals surface area contributed by atoms with Crippen LogP contribution in [0.1, 0.15) is 25.7 Å². The predicted molar refractivity (Wildman–Crippen MR) is 120 cm³/mol. The zero-order valence-electron chi connectivity index (χ0n) is 16.4. The maximum absolute atomic E-state index is 10.2. The minimum atomic E-state index is -0.182. The van der Waals surface area contributed by atoms with Gasteiger partial charge in [-0.25, -0.2) is 0 Å². The summed E-state index contributed by atoms with van der Waals surface area (Å²) in [6.45, 7) is 0. The molecule has 0 radical (unpaired) electrons. The van der Waals surface area contributed by atoms with Crippen molar-refractivity contribution in [1.29, 1.82) is 0 Å². The van der Waals surface area contributed by atoms with E-state index in [2.05, 4.69) is 60.8 Å². The summed E-state index contributed by atoms with van der Waals surface area (Å²) in [5.74, 6) is 0. The van der Waals surface area contributed by atoms with E-state index in [1.807, 2.05) is 12.2 Å². The molecule has 2 fully saturated rings. The zero-order chi connectivity index (χ0) is 18.8. The van der Waals surface area contributed by atoms with Gasteiger partial charge in [-0.15, -0.1) is 24.8 Å². The quantitative estimate of drug-likeness (QED) is 0.358. The highest BCUT2D eigenvalue weighted by atomic mass is 35.5. The van der Waals surface area contributed by atoms with E-state index in [0.29, 0.717) is 0 Å². The highest BCUT2D eigenvalue weighted by Gasteiger charge is 2.70. The first-order chi connectivity index (χ1) is 13.6. The Hall–Kier alpha value is -2.30. The van der Waals surface area contributed by atoms with Crippen LogP contribution in [0.25, 0.3) is 11.1 Å². The number of rotatable bonds is 0. The third-order valence-electron chi connectivity index (χ3n) is 8.12. The Morgan fingerprint density at radius 3 is 1.47 bits per heavy atom. The van der Waals surface area contributed by atoms with Gasteiger partial charge in [-0.3, -0.25) is 9.39 Å². The fraction of sp³-hybridized carbons (Fsp3) is 0.333. The monoisotopic (exact) mass is 436 g/mol. The average molecular weight is 437 g/mol. The van der Waals surface area contributed by atoms with Crippen molar-refractivity contribution < 1.29 is 9.39 Å². The molecule has 4 unspecified atom stereocenters. The summed E-state index contributed by atoms with van der Waals surface area (Å²) in [7, 11) is 0. The van der Waals surface area contributed by atoms with Crippen molar-refractivity contribution in [3.63, 3.8) is 0 Å². The minimum Gasteiger partial charge on any atom is -0.505 e. The van der Waals surface area contributed by atoms with E-state index in [-0.39, 0.29) is 47.0 Å². The molecule has 152 valence electrons. The second-order valence-corrected chi connectivity index (χ2v) is 9.19. The molecule has 2 saturated heterocycles. The summed E-state index contributed by atoms with van der Waals surface area (Å²) >= 11 is 0. The van der Waals surface area contributed by atoms with Crippen molar-refractivity contribution in [3.8, 4) is 0 Å². The Kier molecular flexibility index (Phi) is 3.72. The Morgan fingerprint density at radius 2 is 1.07 bits per heavy atom. The van der Waals surface area contributed by atoms with Gasteiger partial charge in [0.15, 0.2) is 11.1 Å². The third-order valence-corrected chi connectivity index (χ3v) is 8.12. The SMILES string of the molecule is Cl.Cl.[N-]=[N+]1C23C=CC=C2C=C2CC=CC21C3.[N-]=[N+]1C23C=CC=C2C=C2CC=CC21C3. The molecule has 0 amide bonds. The Bertz CT molecular complexity index is 1090. The van der Waals surface area contributed by atoms with Crippen LogP contribution in [0.5, 0.6) is 0 Å². The number of allylic oxidation sites excluding steroid dienone is 6. The van der Waals surface area contributed by atoms with E-state index in [1.165, 1.54) is 31.7 Å². The molecule has 0 aromatic carbocycles. The highest BCUT2D eigenvalue weighted by molar-refractivity contribution is 5.85. The molecular formula is C24H22Cl2N4. The van der Waals surface area contributed by atoms with Gasteiger partial charge in [0.25, 0.3) is 0 Å². The molecule has 4 spiro atoms. The van der Waals surface area contributed by atoms with E-state index in [0.717, 1.165) is 25.7 Å². The van der Waals surface area contributed by atoms with Gasteiger partial charge >= 0.3 is 0 Å². The Balaban J connectivity index is 0.000000120. The van der Waals surface area contributed by atoms with Crippen LogP contribution >= 0.6 is 24.8 Å². The first kappa shape index (κ1) is 19.7. The van der Waals surface area contributed by atoms with Gasteiger partial charge in [0, 0.05) is 22.3 Å². The van der Waals surface area contributed by atoms with E-state index in [9.17, 15) is 11.1 Å². The summed E-state index contributed by atoms with van der Waals surface area (Å²) < 4.78 is 3.07. The van der Waals surface area contributed by atoms with Crippen LogP contribution in [-0.4, -0.2) is 31.6 Å². The smallest absolute Gasteiger partial charge is 0.204 e. The van der Waals surface area contributed by atoms with Gasteiger partial charge in [0.05, 0.1) is 12.8 Å². The first-order valence-corrected chi connectivity index (χ1v) is 10.1. The van der Waals surface area contributed by atoms with Crippen LogP contribution in [0.3, 0.4) is 0 Å². The molecule has 0 saturated carbocycles. The lowest BCUT2D eigenvalue weighted by Gasteiger charge is -2.54. The molecule has 4 bridgehead atoms. The van der Waals surface area contributed by atoms with E-state index in [4.69, 9.17) is 0 Å². The van der Waals surface area contributed by atoms with E-state index >= 15 is 0 Å². The second kappa shape index (κ2) is 5.68. The Morgan fingerprint density at radius 1 is 0.633 bits per heavy atom. The molecule has 0 N–H and O–H groups in total. The maximum Gasteiger partial charge on any atom is 0.204 e. The van der Waals surface area contributed by atoms with Gasteiger partial charge in [-0.2, -0.15) is 0 Å². The van der Waals surface area contributed by atoms with Crippen molar-refractivity contribution >= 4 is 24.8 Å².